The number of thioether (sulfide) groups is 1. The SMILES string of the molecule is Cc1ccc(-c2nnc(SCCCCO)o2)cc1. The molecule has 0 saturated carbocycles. The third-order valence-electron chi connectivity index (χ3n) is 2.48. The first-order valence-electron chi connectivity index (χ1n) is 5.94. The van der Waals surface area contributed by atoms with Crippen LogP contribution in [0.15, 0.2) is 33.9 Å². The summed E-state index contributed by atoms with van der Waals surface area (Å²) in [5.74, 6) is 1.44. The molecule has 1 heterocycles. The number of benzene rings is 1. The Morgan fingerprint density at radius 3 is 2.67 bits per heavy atom. The maximum atomic E-state index is 8.68. The zero-order valence-electron chi connectivity index (χ0n) is 10.3. The van der Waals surface area contributed by atoms with Crippen LogP contribution in [0.5, 0.6) is 0 Å². The van der Waals surface area contributed by atoms with Gasteiger partial charge in [0.15, 0.2) is 0 Å². The smallest absolute Gasteiger partial charge is 0.276 e. The molecule has 0 amide bonds. The lowest BCUT2D eigenvalue weighted by atomic mass is 10.1. The molecule has 0 saturated heterocycles. The highest BCUT2D eigenvalue weighted by atomic mass is 32.2. The summed E-state index contributed by atoms with van der Waals surface area (Å²) in [6.45, 7) is 2.28. The predicted molar refractivity (Wildman–Crippen MR) is 71.5 cm³/mol. The lowest BCUT2D eigenvalue weighted by molar-refractivity contribution is 0.287. The van der Waals surface area contributed by atoms with Crippen LogP contribution in [-0.4, -0.2) is 27.7 Å². The third-order valence-corrected chi connectivity index (χ3v) is 3.39. The van der Waals surface area contributed by atoms with Crippen molar-refractivity contribution in [3.8, 4) is 11.5 Å². The molecule has 0 aliphatic rings. The number of aliphatic hydroxyl groups excluding tert-OH is 1. The molecule has 1 N–H and O–H groups in total. The minimum absolute atomic E-state index is 0.235. The van der Waals surface area contributed by atoms with Crippen LogP contribution >= 0.6 is 11.8 Å². The molecule has 5 heteroatoms. The molecule has 1 aromatic heterocycles. The van der Waals surface area contributed by atoms with E-state index in [9.17, 15) is 0 Å². The van der Waals surface area contributed by atoms with Gasteiger partial charge in [-0.2, -0.15) is 0 Å². The Hall–Kier alpha value is -1.33. The van der Waals surface area contributed by atoms with Crippen molar-refractivity contribution in [2.24, 2.45) is 0 Å². The van der Waals surface area contributed by atoms with Crippen molar-refractivity contribution in [2.75, 3.05) is 12.4 Å². The third kappa shape index (κ3) is 3.58. The first-order chi connectivity index (χ1) is 8.79. The Bertz CT molecular complexity index is 482. The first-order valence-corrected chi connectivity index (χ1v) is 6.92. The molecule has 1 aromatic carbocycles. The van der Waals surface area contributed by atoms with Gasteiger partial charge >= 0.3 is 0 Å². The van der Waals surface area contributed by atoms with Crippen molar-refractivity contribution in [3.05, 3.63) is 29.8 Å². The fourth-order valence-electron chi connectivity index (χ4n) is 1.45. The second-order valence-corrected chi connectivity index (χ2v) is 5.06. The maximum absolute atomic E-state index is 8.68. The zero-order chi connectivity index (χ0) is 12.8. The molecular formula is C13H16N2O2S. The summed E-state index contributed by atoms with van der Waals surface area (Å²) in [6.07, 6.45) is 1.76. The van der Waals surface area contributed by atoms with Gasteiger partial charge in [0.2, 0.25) is 5.89 Å². The lowest BCUT2D eigenvalue weighted by Gasteiger charge is -1.96. The molecule has 0 unspecified atom stereocenters. The van der Waals surface area contributed by atoms with Gasteiger partial charge in [0, 0.05) is 17.9 Å². The van der Waals surface area contributed by atoms with Gasteiger partial charge in [0.05, 0.1) is 0 Å². The monoisotopic (exact) mass is 264 g/mol. The molecule has 0 radical (unpaired) electrons. The largest absolute Gasteiger partial charge is 0.411 e. The molecule has 0 bridgehead atoms. The molecule has 4 nitrogen and oxygen atoms in total. The fraction of sp³-hybridized carbons (Fsp3) is 0.385. The van der Waals surface area contributed by atoms with Gasteiger partial charge in [-0.15, -0.1) is 10.2 Å². The second-order valence-electron chi connectivity index (χ2n) is 4.02. The fourth-order valence-corrected chi connectivity index (χ4v) is 2.21. The van der Waals surface area contributed by atoms with Crippen molar-refractivity contribution in [1.82, 2.24) is 10.2 Å². The first kappa shape index (κ1) is 13.1. The van der Waals surface area contributed by atoms with E-state index in [0.717, 1.165) is 24.2 Å². The zero-order valence-corrected chi connectivity index (χ0v) is 11.1. The summed E-state index contributed by atoms with van der Waals surface area (Å²) in [5.41, 5.74) is 2.15. The molecule has 0 spiro atoms. The van der Waals surface area contributed by atoms with E-state index in [1.807, 2.05) is 31.2 Å². The van der Waals surface area contributed by atoms with Gasteiger partial charge in [-0.1, -0.05) is 29.5 Å². The number of aryl methyl sites for hydroxylation is 1. The molecule has 0 aliphatic heterocycles. The summed E-state index contributed by atoms with van der Waals surface area (Å²) in [5, 5.41) is 17.3. The number of rotatable bonds is 6. The number of unbranched alkanes of at least 4 members (excludes halogenated alkanes) is 1. The van der Waals surface area contributed by atoms with Crippen LogP contribution in [0.4, 0.5) is 0 Å². The highest BCUT2D eigenvalue weighted by Gasteiger charge is 2.08. The highest BCUT2D eigenvalue weighted by molar-refractivity contribution is 7.99. The molecule has 0 fully saturated rings. The van der Waals surface area contributed by atoms with Crippen molar-refractivity contribution < 1.29 is 9.52 Å². The van der Waals surface area contributed by atoms with Gasteiger partial charge in [-0.3, -0.25) is 0 Å². The van der Waals surface area contributed by atoms with Crippen LogP contribution in [0.2, 0.25) is 0 Å². The van der Waals surface area contributed by atoms with Gasteiger partial charge < -0.3 is 9.52 Å². The second kappa shape index (κ2) is 6.56. The van der Waals surface area contributed by atoms with Crippen LogP contribution in [0.1, 0.15) is 18.4 Å². The Morgan fingerprint density at radius 1 is 1.17 bits per heavy atom. The predicted octanol–water partition coefficient (Wildman–Crippen LogP) is 2.91. The van der Waals surface area contributed by atoms with Crippen LogP contribution in [0.3, 0.4) is 0 Å². The number of hydrogen-bond acceptors (Lipinski definition) is 5. The molecule has 96 valence electrons. The molecule has 18 heavy (non-hydrogen) atoms. The summed E-state index contributed by atoms with van der Waals surface area (Å²) in [7, 11) is 0. The summed E-state index contributed by atoms with van der Waals surface area (Å²) >= 11 is 1.53. The number of aliphatic hydroxyl groups is 1. The van der Waals surface area contributed by atoms with E-state index in [-0.39, 0.29) is 6.61 Å². The maximum Gasteiger partial charge on any atom is 0.276 e. The van der Waals surface area contributed by atoms with E-state index < -0.39 is 0 Å². The summed E-state index contributed by atoms with van der Waals surface area (Å²) < 4.78 is 5.57. The van der Waals surface area contributed by atoms with Gasteiger partial charge in [0.1, 0.15) is 0 Å². The van der Waals surface area contributed by atoms with Crippen molar-refractivity contribution in [2.45, 2.75) is 25.0 Å². The van der Waals surface area contributed by atoms with Crippen LogP contribution in [0.25, 0.3) is 11.5 Å². The van der Waals surface area contributed by atoms with E-state index in [1.54, 1.807) is 0 Å². The van der Waals surface area contributed by atoms with Crippen LogP contribution < -0.4 is 0 Å². The van der Waals surface area contributed by atoms with E-state index in [4.69, 9.17) is 9.52 Å². The number of hydrogen-bond donors (Lipinski definition) is 1. The summed E-state index contributed by atoms with van der Waals surface area (Å²) in [4.78, 5) is 0. The van der Waals surface area contributed by atoms with E-state index in [0.29, 0.717) is 11.1 Å². The Morgan fingerprint density at radius 2 is 1.94 bits per heavy atom. The normalized spacial score (nSPS) is 10.8. The van der Waals surface area contributed by atoms with E-state index in [2.05, 4.69) is 10.2 Å². The van der Waals surface area contributed by atoms with Gasteiger partial charge in [-0.25, -0.2) is 0 Å². The standard InChI is InChI=1S/C13H16N2O2S/c1-10-4-6-11(7-5-10)12-14-15-13(17-12)18-9-3-2-8-16/h4-7,16H,2-3,8-9H2,1H3. The van der Waals surface area contributed by atoms with Gasteiger partial charge in [-0.05, 0) is 31.9 Å². The Balaban J connectivity index is 1.95. The van der Waals surface area contributed by atoms with Crippen LogP contribution in [0, 0.1) is 6.92 Å². The van der Waals surface area contributed by atoms with Crippen LogP contribution in [-0.2, 0) is 0 Å². The van der Waals surface area contributed by atoms with Crippen molar-refractivity contribution in [3.63, 3.8) is 0 Å². The quantitative estimate of drug-likeness (QED) is 0.642. The highest BCUT2D eigenvalue weighted by Crippen LogP contribution is 2.23. The van der Waals surface area contributed by atoms with Crippen molar-refractivity contribution in [1.29, 1.82) is 0 Å². The molecule has 2 rings (SSSR count). The van der Waals surface area contributed by atoms with E-state index in [1.165, 1.54) is 17.3 Å². The van der Waals surface area contributed by atoms with E-state index >= 15 is 0 Å². The molecule has 2 aromatic rings. The summed E-state index contributed by atoms with van der Waals surface area (Å²) in [6, 6.07) is 7.99. The Labute approximate surface area is 110 Å². The molecule has 0 aliphatic carbocycles. The van der Waals surface area contributed by atoms with Crippen molar-refractivity contribution >= 4 is 11.8 Å². The molecular weight excluding hydrogens is 248 g/mol. The topological polar surface area (TPSA) is 59.2 Å². The Kier molecular flexibility index (Phi) is 4.78. The lowest BCUT2D eigenvalue weighted by Crippen LogP contribution is -1.85. The average Bonchev–Trinajstić information content (AvgIpc) is 2.84. The minimum atomic E-state index is 0.235. The van der Waals surface area contributed by atoms with Gasteiger partial charge in [0.25, 0.3) is 5.22 Å². The average molecular weight is 264 g/mol. The number of aromatic nitrogens is 2. The minimum Gasteiger partial charge on any atom is -0.411 e. The number of nitrogens with zero attached hydrogens (tertiary/aromatic N) is 2. The molecule has 0 atom stereocenters.